The first kappa shape index (κ1) is 34.2. The zero-order valence-electron chi connectivity index (χ0n) is 22.0. The molecule has 0 unspecified atom stereocenters. The molecule has 2 aromatic heterocycles. The number of amides is 2. The Hall–Kier alpha value is -1.80. The molecule has 8 heteroatoms. The molecule has 2 heterocycles. The quantitative estimate of drug-likeness (QED) is 0.163. The van der Waals surface area contributed by atoms with Gasteiger partial charge in [-0.3, -0.25) is 9.59 Å². The van der Waals surface area contributed by atoms with Crippen molar-refractivity contribution in [3.63, 3.8) is 0 Å². The fraction of sp³-hybridized carbons (Fsp3) is 0.571. The highest BCUT2D eigenvalue weighted by molar-refractivity contribution is 5.94. The van der Waals surface area contributed by atoms with Gasteiger partial charge in [-0.15, -0.1) is 0 Å². The fourth-order valence-electron chi connectivity index (χ4n) is 3.77. The lowest BCUT2D eigenvalue weighted by Crippen LogP contribution is -3.00. The van der Waals surface area contributed by atoms with Crippen LogP contribution in [0.25, 0.3) is 0 Å². The van der Waals surface area contributed by atoms with Crippen LogP contribution in [0.4, 0.5) is 0 Å². The van der Waals surface area contributed by atoms with Crippen molar-refractivity contribution >= 4 is 11.8 Å². The minimum Gasteiger partial charge on any atom is -1.00 e. The summed E-state index contributed by atoms with van der Waals surface area (Å²) in [6.45, 7) is 7.71. The van der Waals surface area contributed by atoms with E-state index in [4.69, 9.17) is 0 Å². The van der Waals surface area contributed by atoms with Crippen LogP contribution in [-0.2, 0) is 13.1 Å². The number of nitrogens with one attached hydrogen (secondary N) is 2. The van der Waals surface area contributed by atoms with Crippen molar-refractivity contribution in [2.45, 2.75) is 91.1 Å². The normalized spacial score (nSPS) is 10.2. The van der Waals surface area contributed by atoms with E-state index < -0.39 is 0 Å². The van der Waals surface area contributed by atoms with Crippen LogP contribution in [0.5, 0.6) is 0 Å². The van der Waals surface area contributed by atoms with E-state index in [-0.39, 0.29) is 45.8 Å². The van der Waals surface area contributed by atoms with Gasteiger partial charge in [0, 0.05) is 50.2 Å². The first-order valence-corrected chi connectivity index (χ1v) is 13.2. The number of aryl methyl sites for hydroxylation is 2. The Kier molecular flexibility index (Phi) is 20.2. The molecule has 0 aliphatic rings. The Bertz CT molecular complexity index is 774. The summed E-state index contributed by atoms with van der Waals surface area (Å²) in [5.41, 5.74) is 1.46. The number of carbonyl (C=O) groups excluding carboxylic acids is 2. The molecule has 202 valence electrons. The molecule has 2 rings (SSSR count). The van der Waals surface area contributed by atoms with Gasteiger partial charge in [0.05, 0.1) is 11.1 Å². The fourth-order valence-corrected chi connectivity index (χ4v) is 3.77. The van der Waals surface area contributed by atoms with Gasteiger partial charge in [0.15, 0.2) is 24.8 Å². The number of carbonyl (C=O) groups is 2. The second kappa shape index (κ2) is 21.3. The van der Waals surface area contributed by atoms with Gasteiger partial charge < -0.3 is 44.6 Å². The lowest BCUT2D eigenvalue weighted by Gasteiger charge is -2.04. The third-order valence-electron chi connectivity index (χ3n) is 6.02. The monoisotopic (exact) mass is 626 g/mol. The second-order valence-electron chi connectivity index (χ2n) is 8.99. The molecule has 0 aliphatic heterocycles. The number of hydrogen-bond donors (Lipinski definition) is 2. The van der Waals surface area contributed by atoms with Crippen LogP contribution in [0.15, 0.2) is 49.1 Å². The van der Waals surface area contributed by atoms with E-state index in [0.717, 1.165) is 75.8 Å². The van der Waals surface area contributed by atoms with E-state index in [2.05, 4.69) is 33.6 Å². The molecule has 0 spiro atoms. The van der Waals surface area contributed by atoms with Gasteiger partial charge in [-0.1, -0.05) is 39.5 Å². The smallest absolute Gasteiger partial charge is 0.251 e. The molecule has 0 bridgehead atoms. The van der Waals surface area contributed by atoms with Gasteiger partial charge in [0.2, 0.25) is 0 Å². The predicted octanol–water partition coefficient (Wildman–Crippen LogP) is -1.63. The summed E-state index contributed by atoms with van der Waals surface area (Å²) in [6.07, 6.45) is 19.5. The van der Waals surface area contributed by atoms with Crippen molar-refractivity contribution in [1.29, 1.82) is 0 Å². The molecule has 0 aromatic carbocycles. The predicted molar refractivity (Wildman–Crippen MR) is 135 cm³/mol. The van der Waals surface area contributed by atoms with Crippen molar-refractivity contribution < 1.29 is 52.7 Å². The van der Waals surface area contributed by atoms with E-state index in [1.165, 1.54) is 25.7 Å². The largest absolute Gasteiger partial charge is 1.00 e. The topological polar surface area (TPSA) is 66.0 Å². The van der Waals surface area contributed by atoms with Gasteiger partial charge in [0.1, 0.15) is 13.1 Å². The van der Waals surface area contributed by atoms with Gasteiger partial charge >= 0.3 is 0 Å². The Morgan fingerprint density at radius 1 is 0.583 bits per heavy atom. The zero-order chi connectivity index (χ0) is 24.4. The Labute approximate surface area is 238 Å². The molecule has 0 radical (unpaired) electrons. The molecular weight excluding hydrogens is 584 g/mol. The number of hydrogen-bond acceptors (Lipinski definition) is 2. The van der Waals surface area contributed by atoms with Crippen molar-refractivity contribution in [3.05, 3.63) is 60.2 Å². The second-order valence-corrected chi connectivity index (χ2v) is 8.99. The number of rotatable bonds is 17. The maximum Gasteiger partial charge on any atom is 0.251 e. The molecule has 6 nitrogen and oxygen atoms in total. The number of halogens is 2. The average molecular weight is 628 g/mol. The number of aromatic nitrogens is 2. The highest BCUT2D eigenvalue weighted by Gasteiger charge is 2.09. The summed E-state index contributed by atoms with van der Waals surface area (Å²) in [7, 11) is 0. The van der Waals surface area contributed by atoms with Crippen LogP contribution >= 0.6 is 0 Å². The van der Waals surface area contributed by atoms with Gasteiger partial charge in [-0.25, -0.2) is 9.13 Å². The lowest BCUT2D eigenvalue weighted by atomic mass is 10.1. The van der Waals surface area contributed by atoms with E-state index in [1.54, 1.807) is 0 Å². The summed E-state index contributed by atoms with van der Waals surface area (Å²) in [6, 6.07) is 7.63. The van der Waals surface area contributed by atoms with Crippen LogP contribution < -0.4 is 53.7 Å². The Morgan fingerprint density at radius 2 is 0.917 bits per heavy atom. The molecule has 0 aliphatic carbocycles. The summed E-state index contributed by atoms with van der Waals surface area (Å²) < 4.78 is 4.32. The number of unbranched alkanes of at least 4 members (excludes halogenated alkanes) is 7. The first-order valence-electron chi connectivity index (χ1n) is 13.2. The maximum absolute atomic E-state index is 12.1. The van der Waals surface area contributed by atoms with Crippen molar-refractivity contribution in [1.82, 2.24) is 10.6 Å². The van der Waals surface area contributed by atoms with Gasteiger partial charge in [-0.05, 0) is 25.7 Å². The van der Waals surface area contributed by atoms with E-state index >= 15 is 0 Å². The lowest BCUT2D eigenvalue weighted by molar-refractivity contribution is -0.697. The van der Waals surface area contributed by atoms with Crippen LogP contribution in [0.1, 0.15) is 98.8 Å². The SMILES string of the molecule is CCCCNC(=O)c1cc[n+](CCCCCCCC[n+]2ccc(C(=O)NCCCC)cc2)cc1.[Br-].[Br-]. The Balaban J connectivity index is 0.00000612. The molecular formula is C28H44Br2N4O2. The number of nitrogens with zero attached hydrogens (tertiary/aromatic N) is 2. The molecule has 0 saturated heterocycles. The van der Waals surface area contributed by atoms with E-state index in [0.29, 0.717) is 0 Å². The van der Waals surface area contributed by atoms with E-state index in [9.17, 15) is 9.59 Å². The minimum atomic E-state index is 0. The highest BCUT2D eigenvalue weighted by atomic mass is 79.9. The number of pyridine rings is 2. The van der Waals surface area contributed by atoms with Gasteiger partial charge in [-0.2, -0.15) is 0 Å². The van der Waals surface area contributed by atoms with Crippen LogP contribution in [-0.4, -0.2) is 24.9 Å². The average Bonchev–Trinajstić information content (AvgIpc) is 2.86. The summed E-state index contributed by atoms with van der Waals surface area (Å²) >= 11 is 0. The summed E-state index contributed by atoms with van der Waals surface area (Å²) in [5, 5.41) is 5.91. The zero-order valence-corrected chi connectivity index (χ0v) is 25.2. The molecule has 0 atom stereocenters. The molecule has 2 N–H and O–H groups in total. The van der Waals surface area contributed by atoms with Crippen molar-refractivity contribution in [2.24, 2.45) is 0 Å². The standard InChI is InChI=1S/C28H42N4O2.2BrH/c1-3-5-17-29-27(33)25-13-21-31(22-14-25)19-11-9-7-8-10-12-20-32-23-15-26(16-24-32)28(34)30-18-6-4-2;;/h13-16,21-24H,3-12,17-20H2,1-2H3;2*1H. The highest BCUT2D eigenvalue weighted by Crippen LogP contribution is 2.06. The molecule has 2 aromatic rings. The van der Waals surface area contributed by atoms with Gasteiger partial charge in [0.25, 0.3) is 11.8 Å². The molecule has 0 saturated carbocycles. The Morgan fingerprint density at radius 3 is 1.25 bits per heavy atom. The summed E-state index contributed by atoms with van der Waals surface area (Å²) in [4.78, 5) is 24.1. The third kappa shape index (κ3) is 14.1. The molecule has 2 amide bonds. The minimum absolute atomic E-state index is 0. The van der Waals surface area contributed by atoms with Crippen molar-refractivity contribution in [3.8, 4) is 0 Å². The van der Waals surface area contributed by atoms with E-state index in [1.807, 2.05) is 49.1 Å². The van der Waals surface area contributed by atoms with Crippen molar-refractivity contribution in [2.75, 3.05) is 13.1 Å². The first-order chi connectivity index (χ1) is 16.6. The molecule has 36 heavy (non-hydrogen) atoms. The van der Waals surface area contributed by atoms with Crippen LogP contribution in [0.3, 0.4) is 0 Å². The third-order valence-corrected chi connectivity index (χ3v) is 6.02. The van der Waals surface area contributed by atoms with Crippen LogP contribution in [0.2, 0.25) is 0 Å². The summed E-state index contributed by atoms with van der Waals surface area (Å²) in [5.74, 6) is 0.0326. The maximum atomic E-state index is 12.1. The molecule has 0 fully saturated rings. The van der Waals surface area contributed by atoms with Crippen LogP contribution in [0, 0.1) is 0 Å².